The van der Waals surface area contributed by atoms with E-state index in [1.165, 1.54) is 10.4 Å². The molecule has 1 unspecified atom stereocenters. The lowest BCUT2D eigenvalue weighted by Gasteiger charge is -2.56. The van der Waals surface area contributed by atoms with Crippen molar-refractivity contribution in [2.24, 2.45) is 0 Å². The molecular weight excluding hydrogens is 657 g/mol. The largest absolute Gasteiger partial charge is 0.407 e. The first-order valence-corrected chi connectivity index (χ1v) is 20.8. The molecule has 4 aliphatic heterocycles. The van der Waals surface area contributed by atoms with Gasteiger partial charge >= 0.3 is 0 Å². The van der Waals surface area contributed by atoms with E-state index >= 15 is 0 Å². The first-order valence-electron chi connectivity index (χ1n) is 18.9. The molecule has 4 heterocycles. The number of fused-ring (bicyclic) bond motifs is 2. The molecule has 4 aliphatic rings. The van der Waals surface area contributed by atoms with E-state index in [0.717, 1.165) is 31.4 Å². The summed E-state index contributed by atoms with van der Waals surface area (Å²) in [7, 11) is -2.76. The van der Waals surface area contributed by atoms with E-state index in [9.17, 15) is 0 Å². The Bertz CT molecular complexity index is 1540. The van der Waals surface area contributed by atoms with Gasteiger partial charge in [-0.25, -0.2) is 0 Å². The monoisotopic (exact) mass is 712 g/mol. The molecule has 9 atom stereocenters. The summed E-state index contributed by atoms with van der Waals surface area (Å²) in [6, 6.07) is 31.7. The van der Waals surface area contributed by atoms with Gasteiger partial charge in [-0.2, -0.15) is 0 Å². The average Bonchev–Trinajstić information content (AvgIpc) is 3.14. The predicted molar refractivity (Wildman–Crippen MR) is 202 cm³/mol. The van der Waals surface area contributed by atoms with Crippen molar-refractivity contribution in [1.82, 2.24) is 0 Å². The van der Waals surface area contributed by atoms with Crippen molar-refractivity contribution in [3.05, 3.63) is 109 Å². The van der Waals surface area contributed by atoms with Crippen LogP contribution in [-0.2, 0) is 32.8 Å². The van der Waals surface area contributed by atoms with Crippen LogP contribution < -0.4 is 10.4 Å². The smallest absolute Gasteiger partial charge is 0.261 e. The second-order valence-corrected chi connectivity index (χ2v) is 20.5. The molecule has 0 spiro atoms. The Morgan fingerprint density at radius 3 is 2.12 bits per heavy atom. The lowest BCUT2D eigenvalue weighted by Crippen LogP contribution is -2.68. The third-order valence-corrected chi connectivity index (χ3v) is 16.6. The first kappa shape index (κ1) is 36.7. The summed E-state index contributed by atoms with van der Waals surface area (Å²) in [5.41, 5.74) is -0.383. The van der Waals surface area contributed by atoms with Gasteiger partial charge in [-0.1, -0.05) is 118 Å². The number of hydrogen-bond donors (Lipinski definition) is 0. The van der Waals surface area contributed by atoms with E-state index in [-0.39, 0.29) is 41.7 Å². The van der Waals surface area contributed by atoms with E-state index in [4.69, 9.17) is 32.8 Å². The summed E-state index contributed by atoms with van der Waals surface area (Å²) in [6.07, 6.45) is 4.56. The fourth-order valence-electron chi connectivity index (χ4n) is 8.87. The minimum absolute atomic E-state index is 0.0150. The summed E-state index contributed by atoms with van der Waals surface area (Å²) in [6.45, 7) is 17.1. The molecule has 0 radical (unpaired) electrons. The van der Waals surface area contributed by atoms with Gasteiger partial charge in [0.1, 0.15) is 11.7 Å². The maximum Gasteiger partial charge on any atom is 0.261 e. The number of rotatable bonds is 10. The molecule has 0 N–H and O–H groups in total. The molecule has 0 aliphatic carbocycles. The van der Waals surface area contributed by atoms with Crippen LogP contribution in [0.15, 0.2) is 104 Å². The van der Waals surface area contributed by atoms with Crippen LogP contribution in [0.5, 0.6) is 0 Å². The van der Waals surface area contributed by atoms with Crippen LogP contribution in [0.3, 0.4) is 0 Å². The second kappa shape index (κ2) is 15.0. The molecule has 7 nitrogen and oxygen atoms in total. The number of benzene rings is 3. The van der Waals surface area contributed by atoms with E-state index in [1.807, 2.05) is 36.4 Å². The maximum absolute atomic E-state index is 7.41. The Kier molecular flexibility index (Phi) is 10.8. The summed E-state index contributed by atoms with van der Waals surface area (Å²) in [5.74, 6) is 0. The molecule has 4 saturated heterocycles. The normalized spacial score (nSPS) is 34.3. The topological polar surface area (TPSA) is 64.6 Å². The molecule has 0 amide bonds. The van der Waals surface area contributed by atoms with Gasteiger partial charge in [-0.05, 0) is 42.1 Å². The van der Waals surface area contributed by atoms with Crippen LogP contribution in [0.1, 0.15) is 78.6 Å². The fourth-order valence-corrected chi connectivity index (χ4v) is 13.4. The number of hydrogen-bond acceptors (Lipinski definition) is 7. The number of ether oxygens (including phenoxy) is 6. The van der Waals surface area contributed by atoms with Gasteiger partial charge in [0.25, 0.3) is 8.32 Å². The van der Waals surface area contributed by atoms with Crippen LogP contribution in [-0.4, -0.2) is 76.0 Å². The second-order valence-electron chi connectivity index (χ2n) is 16.2. The minimum Gasteiger partial charge on any atom is -0.407 e. The molecule has 4 fully saturated rings. The van der Waals surface area contributed by atoms with Crippen LogP contribution in [0.25, 0.3) is 0 Å². The van der Waals surface area contributed by atoms with Gasteiger partial charge < -0.3 is 32.8 Å². The van der Waals surface area contributed by atoms with Crippen LogP contribution >= 0.6 is 0 Å². The predicted octanol–water partition coefficient (Wildman–Crippen LogP) is 7.28. The lowest BCUT2D eigenvalue weighted by molar-refractivity contribution is -0.367. The Balaban J connectivity index is 1.18. The van der Waals surface area contributed by atoms with Gasteiger partial charge in [0.15, 0.2) is 6.29 Å². The molecule has 0 aromatic heterocycles. The van der Waals surface area contributed by atoms with Crippen LogP contribution in [0, 0.1) is 0 Å². The van der Waals surface area contributed by atoms with Crippen molar-refractivity contribution >= 4 is 18.7 Å². The van der Waals surface area contributed by atoms with Crippen molar-refractivity contribution in [2.45, 2.75) is 126 Å². The van der Waals surface area contributed by atoms with E-state index < -0.39 is 25.8 Å². The molecule has 8 heteroatoms. The highest BCUT2D eigenvalue weighted by Crippen LogP contribution is 2.47. The highest BCUT2D eigenvalue weighted by Gasteiger charge is 2.58. The van der Waals surface area contributed by atoms with Crippen molar-refractivity contribution < 1.29 is 32.8 Å². The Morgan fingerprint density at radius 2 is 1.49 bits per heavy atom. The quantitative estimate of drug-likeness (QED) is 0.162. The molecule has 7 rings (SSSR count). The average molecular weight is 713 g/mol. The van der Waals surface area contributed by atoms with Crippen molar-refractivity contribution in [2.75, 3.05) is 19.8 Å². The van der Waals surface area contributed by atoms with Gasteiger partial charge in [0, 0.05) is 38.0 Å². The Morgan fingerprint density at radius 1 is 0.843 bits per heavy atom. The molecule has 274 valence electrons. The van der Waals surface area contributed by atoms with Gasteiger partial charge in [0.05, 0.1) is 42.7 Å². The zero-order valence-corrected chi connectivity index (χ0v) is 32.0. The summed E-state index contributed by atoms with van der Waals surface area (Å²) < 4.78 is 47.7. The summed E-state index contributed by atoms with van der Waals surface area (Å²) >= 11 is 0. The molecule has 51 heavy (non-hydrogen) atoms. The molecule has 3 aromatic carbocycles. The third kappa shape index (κ3) is 7.31. The highest BCUT2D eigenvalue weighted by atomic mass is 28.4. The first-order chi connectivity index (χ1) is 24.5. The van der Waals surface area contributed by atoms with Crippen molar-refractivity contribution in [3.63, 3.8) is 0 Å². The standard InChI is InChI=1S/C43H56O7Si/c1-7-34-37(28-36-35(47-34)24-17-26-44-36)48-38-29-39-43(6,30-45-40(49-39)31-18-11-8-12-19-31)50-42(38,5)25-27-46-51(41(2,3)4,32-20-13-9-14-21-32)33-22-15-10-16-23-33/h7-16,18-23,34-40H,1,17,24-30H2,2-6H3/t34-,35+,36-,37+,38-,39?,40-,42+,43-/m1/s1. The zero-order valence-electron chi connectivity index (χ0n) is 31.0. The van der Waals surface area contributed by atoms with Gasteiger partial charge in [-0.15, -0.1) is 6.58 Å². The zero-order chi connectivity index (χ0) is 35.7. The third-order valence-electron chi connectivity index (χ3n) is 11.6. The Hall–Kier alpha value is -2.66. The molecule has 3 aromatic rings. The Labute approximate surface area is 305 Å². The summed E-state index contributed by atoms with van der Waals surface area (Å²) in [4.78, 5) is 0. The SMILES string of the molecule is C=C[C@H]1O[C@H]2CCCO[C@@H]2C[C@@H]1O[C@@H]1CC2O[C@H](c3ccccc3)OC[C@@]2(C)O[C@@]1(C)CCO[Si](c1ccccc1)(c1ccccc1)C(C)(C)C. The minimum atomic E-state index is -2.76. The van der Waals surface area contributed by atoms with Crippen LogP contribution in [0.2, 0.25) is 5.04 Å². The molecular formula is C43H56O7Si. The molecule has 0 saturated carbocycles. The van der Waals surface area contributed by atoms with E-state index in [2.05, 4.69) is 102 Å². The maximum atomic E-state index is 7.41. The lowest BCUT2D eigenvalue weighted by atomic mass is 9.80. The van der Waals surface area contributed by atoms with Gasteiger partial charge in [0.2, 0.25) is 0 Å². The van der Waals surface area contributed by atoms with E-state index in [0.29, 0.717) is 26.1 Å². The van der Waals surface area contributed by atoms with E-state index in [1.54, 1.807) is 0 Å². The van der Waals surface area contributed by atoms with Crippen molar-refractivity contribution in [3.8, 4) is 0 Å². The van der Waals surface area contributed by atoms with Crippen molar-refractivity contribution in [1.29, 1.82) is 0 Å². The highest BCUT2D eigenvalue weighted by molar-refractivity contribution is 6.99. The van der Waals surface area contributed by atoms with Crippen LogP contribution in [0.4, 0.5) is 0 Å². The van der Waals surface area contributed by atoms with Gasteiger partial charge in [-0.3, -0.25) is 0 Å². The summed E-state index contributed by atoms with van der Waals surface area (Å²) in [5, 5.41) is 2.38. The fraction of sp³-hybridized carbons (Fsp3) is 0.535. The molecule has 0 bridgehead atoms.